The molecule has 0 fully saturated rings. The van der Waals surface area contributed by atoms with Crippen molar-refractivity contribution < 1.29 is 8.22 Å². The molecule has 2 aliphatic rings. The van der Waals surface area contributed by atoms with Crippen LogP contribution in [-0.2, 0) is 0 Å². The van der Waals surface area contributed by atoms with Crippen molar-refractivity contribution in [2.45, 2.75) is 108 Å². The van der Waals surface area contributed by atoms with Crippen LogP contribution in [0.2, 0.25) is 0 Å². The average Bonchev–Trinajstić information content (AvgIpc) is 2.93. The lowest BCUT2D eigenvalue weighted by Crippen LogP contribution is -2.19. The summed E-state index contributed by atoms with van der Waals surface area (Å²) in [6.07, 6.45) is 33.6. The fourth-order valence-corrected chi connectivity index (χ4v) is 5.32. The van der Waals surface area contributed by atoms with Crippen LogP contribution in [0.4, 0.5) is 0 Å². The Morgan fingerprint density at radius 1 is 0.575 bits per heavy atom. The van der Waals surface area contributed by atoms with Crippen LogP contribution < -0.4 is 0 Å². The second-order valence-corrected chi connectivity index (χ2v) is 12.2. The molecular weight excluding hydrogens is 480 g/mol. The second kappa shape index (κ2) is 15.8. The van der Waals surface area contributed by atoms with Crippen LogP contribution in [0.1, 0.15) is 116 Å². The highest BCUT2D eigenvalue weighted by Crippen LogP contribution is 2.41. The third-order valence-electron chi connectivity index (χ3n) is 7.86. The molecule has 0 N–H and O–H groups in total. The largest absolute Gasteiger partial charge is 0.0696 e. The molecule has 0 bridgehead atoms. The molecule has 2 rings (SSSR count). The summed E-state index contributed by atoms with van der Waals surface area (Å²) >= 11 is 0. The molecule has 0 amide bonds. The van der Waals surface area contributed by atoms with Gasteiger partial charge in [0.1, 0.15) is 0 Å². The monoisotopic (exact) mass is 542 g/mol. The Hall–Kier alpha value is -2.86. The van der Waals surface area contributed by atoms with E-state index in [1.165, 1.54) is 11.1 Å². The third kappa shape index (κ3) is 11.3. The molecule has 0 aromatic rings. The van der Waals surface area contributed by atoms with Crippen molar-refractivity contribution >= 4 is 0 Å². The lowest BCUT2D eigenvalue weighted by molar-refractivity contribution is 0.376. The fourth-order valence-electron chi connectivity index (χ4n) is 5.32. The lowest BCUT2D eigenvalue weighted by Gasteiger charge is -2.33. The molecular formula is C40H56. The van der Waals surface area contributed by atoms with Gasteiger partial charge in [-0.25, -0.2) is 0 Å². The standard InChI is InChI=1S/C40H56/c1-31(19-13-21-33(3)25-27-37-35(5)23-15-29-39(37,7)8)17-11-12-18-32(2)20-14-22-34(4)26-28-38-36(6)24-16-30-40(38,9)10/h11-14,17-22,25-28H,15-16,23-24,29-30H2,1-10H3/b12-11+,19-13+,20-14+,27-25+,28-26+,31-17+,32-18+,33-21+,34-22+/i7D3,9D3/t39-,40+. The molecule has 2 aliphatic carbocycles. The summed E-state index contributed by atoms with van der Waals surface area (Å²) in [7, 11) is 0. The second-order valence-electron chi connectivity index (χ2n) is 12.2. The summed E-state index contributed by atoms with van der Waals surface area (Å²) in [5, 5.41) is 0. The fraction of sp³-hybridized carbons (Fsp3) is 0.450. The molecule has 0 saturated heterocycles. The molecule has 40 heavy (non-hydrogen) atoms. The van der Waals surface area contributed by atoms with E-state index in [4.69, 9.17) is 8.22 Å². The SMILES string of the molecule is [2H]C([2H])([2H])[C@@]1(C)CCCC(C)=C1/C=C/C(C)=C/C=C/C(C)=C/C=C/C=C(C)/C=C/C=C(C)/C=C/C1=C(C)CCC[C@@]1(C)C([2H])([2H])[2H]. The summed E-state index contributed by atoms with van der Waals surface area (Å²) in [6, 6.07) is 0. The quantitative estimate of drug-likeness (QED) is 0.241. The summed E-state index contributed by atoms with van der Waals surface area (Å²) in [5.74, 6) is 0. The molecule has 0 heterocycles. The predicted molar refractivity (Wildman–Crippen MR) is 181 cm³/mol. The van der Waals surface area contributed by atoms with E-state index in [2.05, 4.69) is 52.0 Å². The van der Waals surface area contributed by atoms with E-state index < -0.39 is 24.5 Å². The molecule has 0 radical (unpaired) electrons. The van der Waals surface area contributed by atoms with Gasteiger partial charge in [0.15, 0.2) is 0 Å². The topological polar surface area (TPSA) is 0 Å². The minimum atomic E-state index is -2.01. The molecule has 0 aromatic heterocycles. The summed E-state index contributed by atoms with van der Waals surface area (Å²) in [4.78, 5) is 0. The molecule has 0 spiro atoms. The van der Waals surface area contributed by atoms with Gasteiger partial charge in [0.2, 0.25) is 0 Å². The van der Waals surface area contributed by atoms with E-state index in [0.29, 0.717) is 12.8 Å². The zero-order valence-electron chi connectivity index (χ0n) is 32.3. The summed E-state index contributed by atoms with van der Waals surface area (Å²) in [6.45, 7) is 12.0. The molecule has 0 saturated carbocycles. The van der Waals surface area contributed by atoms with Crippen molar-refractivity contribution in [1.82, 2.24) is 0 Å². The van der Waals surface area contributed by atoms with Crippen LogP contribution in [0.3, 0.4) is 0 Å². The van der Waals surface area contributed by atoms with Crippen LogP contribution in [0, 0.1) is 10.8 Å². The van der Waals surface area contributed by atoms with Gasteiger partial charge in [-0.05, 0) is 102 Å². The number of hydrogen-bond donors (Lipinski definition) is 0. The van der Waals surface area contributed by atoms with Crippen LogP contribution in [0.15, 0.2) is 130 Å². The maximum absolute atomic E-state index is 8.10. The van der Waals surface area contributed by atoms with Crippen molar-refractivity contribution in [1.29, 1.82) is 0 Å². The maximum Gasteiger partial charge on any atom is 0.0239 e. The van der Waals surface area contributed by atoms with E-state index in [9.17, 15) is 0 Å². The maximum atomic E-state index is 8.10. The minimum absolute atomic E-state index is 0.690. The van der Waals surface area contributed by atoms with Gasteiger partial charge < -0.3 is 0 Å². The van der Waals surface area contributed by atoms with Gasteiger partial charge in [0, 0.05) is 8.22 Å². The van der Waals surface area contributed by atoms with E-state index in [1.807, 2.05) is 88.5 Å². The van der Waals surface area contributed by atoms with Gasteiger partial charge >= 0.3 is 0 Å². The zero-order chi connectivity index (χ0) is 34.8. The van der Waals surface area contributed by atoms with Crippen molar-refractivity contribution in [3.63, 3.8) is 0 Å². The first-order valence-electron chi connectivity index (χ1n) is 17.8. The Morgan fingerprint density at radius 2 is 0.925 bits per heavy atom. The molecule has 2 atom stereocenters. The molecule has 0 aliphatic heterocycles. The van der Waals surface area contributed by atoms with E-state index in [0.717, 1.165) is 59.1 Å². The number of hydrogen-bond acceptors (Lipinski definition) is 0. The van der Waals surface area contributed by atoms with E-state index >= 15 is 0 Å². The highest BCUT2D eigenvalue weighted by atomic mass is 14.3. The normalized spacial score (nSPS) is 29.6. The molecule has 216 valence electrons. The summed E-state index contributed by atoms with van der Waals surface area (Å²) in [5.41, 5.74) is 7.07. The smallest absolute Gasteiger partial charge is 0.0239 e. The third-order valence-corrected chi connectivity index (χ3v) is 7.86. The Morgan fingerprint density at radius 3 is 1.30 bits per heavy atom. The Kier molecular flexibility index (Phi) is 9.84. The highest BCUT2D eigenvalue weighted by Gasteiger charge is 2.27. The lowest BCUT2D eigenvalue weighted by atomic mass is 9.72. The number of rotatable bonds is 10. The Labute approximate surface area is 256 Å². The molecule has 0 nitrogen and oxygen atoms in total. The first-order valence-corrected chi connectivity index (χ1v) is 14.8. The highest BCUT2D eigenvalue weighted by molar-refractivity contribution is 5.39. The van der Waals surface area contributed by atoms with E-state index in [1.54, 1.807) is 0 Å². The predicted octanol–water partition coefficient (Wildman–Crippen LogP) is 12.6. The van der Waals surface area contributed by atoms with Gasteiger partial charge in [0.05, 0.1) is 0 Å². The van der Waals surface area contributed by atoms with Crippen LogP contribution in [0.5, 0.6) is 0 Å². The number of allylic oxidation sites excluding steroid dienone is 22. The molecule has 0 unspecified atom stereocenters. The van der Waals surface area contributed by atoms with Crippen molar-refractivity contribution in [2.24, 2.45) is 10.8 Å². The van der Waals surface area contributed by atoms with Crippen molar-refractivity contribution in [3.8, 4) is 0 Å². The minimum Gasteiger partial charge on any atom is -0.0696 e. The van der Waals surface area contributed by atoms with Gasteiger partial charge in [-0.2, -0.15) is 0 Å². The van der Waals surface area contributed by atoms with Gasteiger partial charge in [0.25, 0.3) is 0 Å². The first kappa shape index (κ1) is 24.9. The molecule has 0 aromatic carbocycles. The average molecular weight is 543 g/mol. The molecule has 0 heteroatoms. The van der Waals surface area contributed by atoms with Crippen molar-refractivity contribution in [2.75, 3.05) is 0 Å². The van der Waals surface area contributed by atoms with Crippen LogP contribution in [0.25, 0.3) is 0 Å². The van der Waals surface area contributed by atoms with Gasteiger partial charge in [-0.1, -0.05) is 146 Å². The summed E-state index contributed by atoms with van der Waals surface area (Å²) < 4.78 is 48.6. The van der Waals surface area contributed by atoms with Crippen molar-refractivity contribution in [3.05, 3.63) is 130 Å². The van der Waals surface area contributed by atoms with Crippen LogP contribution in [-0.4, -0.2) is 0 Å². The first-order chi connectivity index (χ1) is 21.3. The Bertz CT molecular complexity index is 1310. The van der Waals surface area contributed by atoms with Gasteiger partial charge in [-0.3, -0.25) is 0 Å². The zero-order valence-corrected chi connectivity index (χ0v) is 26.3. The van der Waals surface area contributed by atoms with Crippen LogP contribution >= 0.6 is 0 Å². The Balaban J connectivity index is 1.97. The van der Waals surface area contributed by atoms with Gasteiger partial charge in [-0.15, -0.1) is 0 Å². The van der Waals surface area contributed by atoms with E-state index in [-0.39, 0.29) is 0 Å².